The van der Waals surface area contributed by atoms with Gasteiger partial charge in [0.2, 0.25) is 0 Å². The fourth-order valence-corrected chi connectivity index (χ4v) is 7.53. The Labute approximate surface area is 145 Å². The standard InChI is InChI=1S/C21H32O3/c1-19-8-5-15(22)13-14(19)3-4-16-17(19)6-9-20(2)18(16)7-10-21(20)23-11-12-24-21/h3,15-18,22H,4-13H2,1-2H3/t15-,16?,17?,18?,19-,20-/m0/s1. The fourth-order valence-electron chi connectivity index (χ4n) is 7.53. The topological polar surface area (TPSA) is 38.7 Å². The van der Waals surface area contributed by atoms with Crippen molar-refractivity contribution in [3.05, 3.63) is 11.6 Å². The maximum Gasteiger partial charge on any atom is 0.174 e. The summed E-state index contributed by atoms with van der Waals surface area (Å²) in [6.45, 7) is 6.50. The quantitative estimate of drug-likeness (QED) is 0.680. The van der Waals surface area contributed by atoms with Gasteiger partial charge in [-0.3, -0.25) is 0 Å². The van der Waals surface area contributed by atoms with E-state index in [0.717, 1.165) is 50.2 Å². The molecule has 0 amide bonds. The Bertz CT molecular complexity index is 563. The predicted molar refractivity (Wildman–Crippen MR) is 92.3 cm³/mol. The van der Waals surface area contributed by atoms with Crippen LogP contribution in [0.2, 0.25) is 0 Å². The van der Waals surface area contributed by atoms with E-state index in [9.17, 15) is 5.11 Å². The number of rotatable bonds is 0. The van der Waals surface area contributed by atoms with Crippen LogP contribution in [0.3, 0.4) is 0 Å². The summed E-state index contributed by atoms with van der Waals surface area (Å²) < 4.78 is 12.5. The normalized spacial score (nSPS) is 52.5. The maximum atomic E-state index is 10.1. The summed E-state index contributed by atoms with van der Waals surface area (Å²) in [5, 5.41) is 10.1. The Kier molecular flexibility index (Phi) is 3.35. The van der Waals surface area contributed by atoms with Crippen molar-refractivity contribution in [1.82, 2.24) is 0 Å². The highest BCUT2D eigenvalue weighted by Crippen LogP contribution is 2.68. The van der Waals surface area contributed by atoms with Crippen LogP contribution >= 0.6 is 0 Å². The molecule has 0 aromatic heterocycles. The lowest BCUT2D eigenvalue weighted by atomic mass is 9.47. The summed E-state index contributed by atoms with van der Waals surface area (Å²) in [5.74, 6) is 2.02. The number of ether oxygens (including phenoxy) is 2. The van der Waals surface area contributed by atoms with E-state index < -0.39 is 0 Å². The van der Waals surface area contributed by atoms with Crippen LogP contribution in [0.25, 0.3) is 0 Å². The van der Waals surface area contributed by atoms with Gasteiger partial charge in [0.1, 0.15) is 0 Å². The SMILES string of the molecule is C[C@]12CC[C@H](O)CC1=CCC1C2CC[C@@]2(C)C1CCC21OCCO1. The first-order valence-corrected chi connectivity index (χ1v) is 10.1. The van der Waals surface area contributed by atoms with E-state index in [1.165, 1.54) is 32.1 Å². The molecule has 0 aromatic rings. The molecule has 0 bridgehead atoms. The van der Waals surface area contributed by atoms with Crippen LogP contribution in [0.4, 0.5) is 0 Å². The third-order valence-electron chi connectivity index (χ3n) is 8.88. The van der Waals surface area contributed by atoms with Crippen molar-refractivity contribution in [2.24, 2.45) is 28.6 Å². The maximum absolute atomic E-state index is 10.1. The molecule has 4 fully saturated rings. The third-order valence-corrected chi connectivity index (χ3v) is 8.88. The van der Waals surface area contributed by atoms with Gasteiger partial charge in [-0.15, -0.1) is 0 Å². The molecule has 24 heavy (non-hydrogen) atoms. The lowest BCUT2D eigenvalue weighted by Crippen LogP contribution is -2.55. The molecule has 1 aliphatic heterocycles. The zero-order valence-corrected chi connectivity index (χ0v) is 15.2. The zero-order valence-electron chi connectivity index (χ0n) is 15.2. The van der Waals surface area contributed by atoms with Gasteiger partial charge >= 0.3 is 0 Å². The molecule has 5 aliphatic rings. The Morgan fingerprint density at radius 2 is 1.75 bits per heavy atom. The Morgan fingerprint density at radius 3 is 2.54 bits per heavy atom. The zero-order chi connectivity index (χ0) is 16.6. The lowest BCUT2D eigenvalue weighted by Gasteiger charge is -2.58. The summed E-state index contributed by atoms with van der Waals surface area (Å²) in [6.07, 6.45) is 11.6. The first kappa shape index (κ1) is 15.8. The fraction of sp³-hybridized carbons (Fsp3) is 0.905. The molecule has 5 rings (SSSR count). The number of hydrogen-bond acceptors (Lipinski definition) is 3. The van der Waals surface area contributed by atoms with E-state index in [2.05, 4.69) is 19.9 Å². The smallest absolute Gasteiger partial charge is 0.174 e. The monoisotopic (exact) mass is 332 g/mol. The Morgan fingerprint density at radius 1 is 1.00 bits per heavy atom. The molecule has 1 saturated heterocycles. The molecular formula is C21H32O3. The summed E-state index contributed by atoms with van der Waals surface area (Å²) in [4.78, 5) is 0. The van der Waals surface area contributed by atoms with Gasteiger partial charge in [0.25, 0.3) is 0 Å². The second-order valence-corrected chi connectivity index (χ2v) is 9.60. The van der Waals surface area contributed by atoms with E-state index in [0.29, 0.717) is 5.41 Å². The minimum atomic E-state index is -0.281. The van der Waals surface area contributed by atoms with Crippen molar-refractivity contribution < 1.29 is 14.6 Å². The van der Waals surface area contributed by atoms with Crippen LogP contribution in [0.1, 0.15) is 65.2 Å². The number of hydrogen-bond donors (Lipinski definition) is 1. The Balaban J connectivity index is 1.49. The van der Waals surface area contributed by atoms with Gasteiger partial charge in [-0.25, -0.2) is 0 Å². The highest BCUT2D eigenvalue weighted by Gasteiger charge is 2.66. The van der Waals surface area contributed by atoms with Crippen molar-refractivity contribution in [2.45, 2.75) is 77.1 Å². The van der Waals surface area contributed by atoms with Crippen molar-refractivity contribution in [3.63, 3.8) is 0 Å². The minimum Gasteiger partial charge on any atom is -0.393 e. The molecule has 3 saturated carbocycles. The number of fused-ring (bicyclic) bond motifs is 6. The number of allylic oxidation sites excluding steroid dienone is 1. The van der Waals surface area contributed by atoms with Gasteiger partial charge in [-0.05, 0) is 68.1 Å². The van der Waals surface area contributed by atoms with E-state index in [-0.39, 0.29) is 17.3 Å². The molecule has 0 aromatic carbocycles. The molecule has 0 radical (unpaired) electrons. The van der Waals surface area contributed by atoms with E-state index in [1.54, 1.807) is 5.57 Å². The Hall–Kier alpha value is -0.380. The second-order valence-electron chi connectivity index (χ2n) is 9.60. The largest absolute Gasteiger partial charge is 0.393 e. The third kappa shape index (κ3) is 1.84. The van der Waals surface area contributed by atoms with Gasteiger partial charge in [0, 0.05) is 11.8 Å². The predicted octanol–water partition coefficient (Wildman–Crippen LogP) is 4.05. The van der Waals surface area contributed by atoms with Crippen LogP contribution in [-0.2, 0) is 9.47 Å². The van der Waals surface area contributed by atoms with Crippen molar-refractivity contribution in [3.8, 4) is 0 Å². The highest BCUT2D eigenvalue weighted by atomic mass is 16.7. The van der Waals surface area contributed by atoms with E-state index >= 15 is 0 Å². The average Bonchev–Trinajstić information content (AvgIpc) is 3.15. The van der Waals surface area contributed by atoms with Crippen LogP contribution in [0, 0.1) is 28.6 Å². The number of aliphatic hydroxyl groups is 1. The van der Waals surface area contributed by atoms with Crippen LogP contribution < -0.4 is 0 Å². The molecule has 3 unspecified atom stereocenters. The van der Waals surface area contributed by atoms with Gasteiger partial charge in [-0.1, -0.05) is 25.5 Å². The second kappa shape index (κ2) is 5.08. The van der Waals surface area contributed by atoms with Crippen molar-refractivity contribution in [1.29, 1.82) is 0 Å². The first-order chi connectivity index (χ1) is 11.5. The van der Waals surface area contributed by atoms with Crippen LogP contribution in [0.5, 0.6) is 0 Å². The molecule has 3 heteroatoms. The summed E-state index contributed by atoms with van der Waals surface area (Å²) in [6, 6.07) is 0. The average molecular weight is 332 g/mol. The summed E-state index contributed by atoms with van der Waals surface area (Å²) >= 11 is 0. The highest BCUT2D eigenvalue weighted by molar-refractivity contribution is 5.26. The molecule has 1 heterocycles. The first-order valence-electron chi connectivity index (χ1n) is 10.1. The van der Waals surface area contributed by atoms with Gasteiger partial charge < -0.3 is 14.6 Å². The summed E-state index contributed by atoms with van der Waals surface area (Å²) in [7, 11) is 0. The molecule has 3 nitrogen and oxygen atoms in total. The van der Waals surface area contributed by atoms with Crippen molar-refractivity contribution >= 4 is 0 Å². The van der Waals surface area contributed by atoms with E-state index in [1.807, 2.05) is 0 Å². The van der Waals surface area contributed by atoms with Gasteiger partial charge in [0.15, 0.2) is 5.79 Å². The lowest BCUT2D eigenvalue weighted by molar-refractivity contribution is -0.242. The van der Waals surface area contributed by atoms with Crippen LogP contribution in [-0.4, -0.2) is 30.2 Å². The minimum absolute atomic E-state index is 0.107. The van der Waals surface area contributed by atoms with Crippen LogP contribution in [0.15, 0.2) is 11.6 Å². The van der Waals surface area contributed by atoms with Gasteiger partial charge in [-0.2, -0.15) is 0 Å². The number of aliphatic hydroxyl groups excluding tert-OH is 1. The molecule has 134 valence electrons. The van der Waals surface area contributed by atoms with E-state index in [4.69, 9.17) is 9.47 Å². The summed E-state index contributed by atoms with van der Waals surface area (Å²) in [5.41, 5.74) is 2.09. The van der Waals surface area contributed by atoms with Crippen molar-refractivity contribution in [2.75, 3.05) is 13.2 Å². The molecule has 4 aliphatic carbocycles. The molecule has 6 atom stereocenters. The van der Waals surface area contributed by atoms with Gasteiger partial charge in [0.05, 0.1) is 19.3 Å². The molecule has 1 spiro atoms. The molecule has 1 N–H and O–H groups in total. The molecular weight excluding hydrogens is 300 g/mol.